The third kappa shape index (κ3) is 32.9. The monoisotopic (exact) mass is 1750 g/mol. The van der Waals surface area contributed by atoms with Gasteiger partial charge in [-0.2, -0.15) is 8.42 Å². The number of aliphatic hydroxyl groups is 10. The van der Waals surface area contributed by atoms with Gasteiger partial charge in [0.25, 0.3) is 0 Å². The molecule has 3 aliphatic heterocycles. The Morgan fingerprint density at radius 3 is 1.91 bits per heavy atom. The third-order valence-electron chi connectivity index (χ3n) is 26.5. The molecular formula is C94H149N5O23S. The Kier molecular flexibility index (Phi) is 41.9. The van der Waals surface area contributed by atoms with Crippen molar-refractivity contribution in [3.8, 4) is 0 Å². The van der Waals surface area contributed by atoms with E-state index in [0.717, 1.165) is 48.1 Å². The smallest absolute Gasteiger partial charge is 0.397 e. The zero-order chi connectivity index (χ0) is 90.7. The Morgan fingerprint density at radius 2 is 1.29 bits per heavy atom. The van der Waals surface area contributed by atoms with Crippen LogP contribution < -0.4 is 16.0 Å². The first kappa shape index (κ1) is 104. The summed E-state index contributed by atoms with van der Waals surface area (Å²) in [6, 6.07) is 5.68. The number of carbonyl (C=O) groups is 5. The van der Waals surface area contributed by atoms with Crippen molar-refractivity contribution in [3.63, 3.8) is 0 Å². The van der Waals surface area contributed by atoms with Crippen molar-refractivity contribution in [2.75, 3.05) is 60.2 Å². The fourth-order valence-electron chi connectivity index (χ4n) is 20.2. The van der Waals surface area contributed by atoms with Gasteiger partial charge in [-0.3, -0.25) is 28.5 Å². The fourth-order valence-corrected chi connectivity index (χ4v) is 20.7. The molecule has 5 fully saturated rings. The Hall–Kier alpha value is -6.04. The lowest BCUT2D eigenvalue weighted by Gasteiger charge is -2.58. The molecule has 14 N–H and O–H groups in total. The second-order valence-electron chi connectivity index (χ2n) is 37.6. The lowest BCUT2D eigenvalue weighted by Crippen LogP contribution is -2.64. The number of nitrogens with zero attached hydrogens (tertiary/aromatic N) is 2. The SMILES string of the molecule is CC(C)CCC[C@@H](C)[C@H]1CC[C@H]2[C@@H]3CC=C4C[C@@H](OS(=O)(=O)O)CC[C@]4(C)[C@H]3CC[C@]12C.CNc1ccc(C(=O)CC(O)CCC(C)C2OC(=O)CC(O)CC(=O)CC(O)CC(O)CC(O)CC(O)CC3(O)CC(O)C(C(=O)NCCN(C)C)C(CC(O[C@@H]4O[C@H](C)[C@@H](O)[C@H](NC(=O)CN(C)C)[C@@H]4O)/C=C/C=C/C=C/C=C/C=C/C=C/C=C/C2C)O3)cc1. The number of fused-ring (bicyclic) bond motifs is 7. The number of nitrogens with one attached hydrogen (secondary N) is 3. The minimum Gasteiger partial charge on any atom is -0.461 e. The van der Waals surface area contributed by atoms with Crippen LogP contribution in [0.4, 0.5) is 5.69 Å². The number of likely N-dealkylation sites (N-methyl/N-ethyl adjacent to an activating group) is 2. The van der Waals surface area contributed by atoms with Gasteiger partial charge in [-0.05, 0) is 195 Å². The summed E-state index contributed by atoms with van der Waals surface area (Å²) in [5.74, 6) is -2.27. The summed E-state index contributed by atoms with van der Waals surface area (Å²) in [6.07, 6.45) is 17.3. The number of benzene rings is 1. The maximum atomic E-state index is 14.0. The Bertz CT molecular complexity index is 3850. The molecule has 3 heterocycles. The number of rotatable bonds is 24. The zero-order valence-electron chi connectivity index (χ0n) is 74.9. The molecule has 1 aromatic rings. The summed E-state index contributed by atoms with van der Waals surface area (Å²) in [6.45, 7) is 18.1. The number of ether oxygens (including phenoxy) is 4. The molecule has 4 aliphatic carbocycles. The summed E-state index contributed by atoms with van der Waals surface area (Å²) in [5.41, 5.74) is 3.35. The van der Waals surface area contributed by atoms with Crippen LogP contribution in [0, 0.1) is 64.1 Å². The van der Waals surface area contributed by atoms with Crippen molar-refractivity contribution >= 4 is 45.4 Å². The van der Waals surface area contributed by atoms with E-state index in [-0.39, 0.29) is 55.4 Å². The van der Waals surface area contributed by atoms with Gasteiger partial charge in [0.15, 0.2) is 17.9 Å². The maximum absolute atomic E-state index is 14.0. The van der Waals surface area contributed by atoms with E-state index >= 15 is 0 Å². The highest BCUT2D eigenvalue weighted by Gasteiger charge is 2.60. The van der Waals surface area contributed by atoms with Crippen LogP contribution in [0.2, 0.25) is 0 Å². The Labute approximate surface area is 730 Å². The van der Waals surface area contributed by atoms with Gasteiger partial charge in [0.2, 0.25) is 11.8 Å². The molecule has 0 spiro atoms. The van der Waals surface area contributed by atoms with Crippen LogP contribution in [0.3, 0.4) is 0 Å². The molecule has 7 aliphatic rings. The van der Waals surface area contributed by atoms with Gasteiger partial charge >= 0.3 is 16.4 Å². The maximum Gasteiger partial charge on any atom is 0.397 e. The number of hydrogen-bond acceptors (Lipinski definition) is 25. The number of carbonyl (C=O) groups excluding carboxylic acids is 5. The number of aliphatic hydroxyl groups excluding tert-OH is 9. The fraction of sp³-hybridized carbons (Fsp3) is 0.713. The van der Waals surface area contributed by atoms with Gasteiger partial charge in [-0.15, -0.1) is 0 Å². The molecule has 123 heavy (non-hydrogen) atoms. The molecule has 2 bridgehead atoms. The molecule has 27 atom stereocenters. The first-order valence-electron chi connectivity index (χ1n) is 44.8. The minimum absolute atomic E-state index is 0.0513. The second kappa shape index (κ2) is 49.5. The molecular weight excluding hydrogens is 1600 g/mol. The standard InChI is InChI=1S/C67H103N5O19.C27H46O4S/c1-42-21-19-17-15-13-11-9-10-12-14-16-18-20-22-54(89-66-63(85)61(62(84)44(3)88-66)70-58(82)41-72(7)8)38-57-60(65(86)69-29-30-71(5)6)56(81)40-67(87,91-57)39-53(79)35-51(77)33-49(75)31-48(74)32-50(76)34-52(78)37-59(83)90-64(42)43(2)23-28-47(73)36-55(80)45-24-26-46(68-4)27-25-45;1-18(2)7-6-8-19(3)23-11-12-24-22-10-9-20-17-21(31-32(28,29)30)13-15-26(20,4)25(22)14-16-27(23,24)5/h9-22,24-27,42-44,47-49,51-54,56-57,60-64,66,68,73-75,77-79,81,84-85,87H,23,28-41H2,1-8H3,(H,69,86)(H,70,82);9,18-19,21-25H,6-8,10-17H2,1-5H3,(H,28,29,30)/b10-9+,13-11+,14-12+,17-15+,18-16+,21-19+,22-20+;/t42?,43?,44-,47?,48?,49?,51?,52?,53?,54?,56?,57?,60?,61+,62-,63+,64?,66+,67?;19-,21+,22+,23-,24+,25+,26+,27-/m11/s1. The topological polar surface area (TPSA) is 431 Å². The number of amides is 2. The number of anilines is 1. The molecule has 2 saturated heterocycles. The van der Waals surface area contributed by atoms with Gasteiger partial charge in [-0.25, -0.2) is 4.18 Å². The largest absolute Gasteiger partial charge is 0.461 e. The van der Waals surface area contributed by atoms with Crippen LogP contribution in [-0.4, -0.2) is 262 Å². The van der Waals surface area contributed by atoms with E-state index in [9.17, 15) is 83.5 Å². The number of esters is 1. The Morgan fingerprint density at radius 1 is 0.675 bits per heavy atom. The van der Waals surface area contributed by atoms with Gasteiger partial charge in [0, 0.05) is 75.8 Å². The van der Waals surface area contributed by atoms with E-state index in [2.05, 4.69) is 56.6 Å². The molecule has 28 nitrogen and oxygen atoms in total. The van der Waals surface area contributed by atoms with Crippen LogP contribution in [0.25, 0.3) is 0 Å². The van der Waals surface area contributed by atoms with Gasteiger partial charge < -0.3 is 95.8 Å². The van der Waals surface area contributed by atoms with Crippen LogP contribution in [0.1, 0.15) is 213 Å². The highest BCUT2D eigenvalue weighted by atomic mass is 32.3. The van der Waals surface area contributed by atoms with E-state index in [1.54, 1.807) is 129 Å². The average molecular weight is 1750 g/mol. The molecule has 3 saturated carbocycles. The lowest BCUT2D eigenvalue weighted by molar-refractivity contribution is -0.307. The van der Waals surface area contributed by atoms with E-state index in [0.29, 0.717) is 42.7 Å². The minimum atomic E-state index is -4.38. The quantitative estimate of drug-likeness (QED) is 0.0198. The molecule has 2 amide bonds. The molecule has 14 unspecified atom stereocenters. The summed E-state index contributed by atoms with van der Waals surface area (Å²) in [7, 11) is 4.37. The van der Waals surface area contributed by atoms with Crippen LogP contribution in [0.15, 0.2) is 121 Å². The Balaban J connectivity index is 0.000000536. The predicted molar refractivity (Wildman–Crippen MR) is 471 cm³/mol. The summed E-state index contributed by atoms with van der Waals surface area (Å²) >= 11 is 0. The van der Waals surface area contributed by atoms with Crippen LogP contribution >= 0.6 is 0 Å². The van der Waals surface area contributed by atoms with Crippen molar-refractivity contribution in [2.24, 2.45) is 64.1 Å². The van der Waals surface area contributed by atoms with Crippen molar-refractivity contribution in [1.82, 2.24) is 20.4 Å². The highest BCUT2D eigenvalue weighted by Crippen LogP contribution is 2.67. The molecule has 1 aromatic carbocycles. The summed E-state index contributed by atoms with van der Waals surface area (Å²) in [5, 5.41) is 121. The van der Waals surface area contributed by atoms with E-state index < -0.39 is 195 Å². The molecule has 29 heteroatoms. The molecule has 694 valence electrons. The van der Waals surface area contributed by atoms with E-state index in [4.69, 9.17) is 27.7 Å². The lowest BCUT2D eigenvalue weighted by atomic mass is 9.47. The summed E-state index contributed by atoms with van der Waals surface area (Å²) < 4.78 is 61.2. The van der Waals surface area contributed by atoms with Gasteiger partial charge in [0.05, 0.1) is 92.1 Å². The number of allylic oxidation sites excluding steroid dienone is 13. The van der Waals surface area contributed by atoms with Gasteiger partial charge in [-0.1, -0.05) is 164 Å². The molecule has 0 aromatic heterocycles. The number of hydrogen-bond donors (Lipinski definition) is 14. The average Bonchev–Trinajstić information content (AvgIpc) is 1.66. The number of Topliss-reactive ketones (excluding diaryl/α,β-unsaturated/α-hetero) is 2. The van der Waals surface area contributed by atoms with Crippen LogP contribution in [0.5, 0.6) is 0 Å². The molecule has 8 rings (SSSR count). The van der Waals surface area contributed by atoms with E-state index in [1.807, 2.05) is 38.9 Å². The summed E-state index contributed by atoms with van der Waals surface area (Å²) in [4.78, 5) is 69.8. The first-order valence-corrected chi connectivity index (χ1v) is 46.1. The molecule has 0 radical (unpaired) electrons. The first-order chi connectivity index (χ1) is 58.0. The number of cyclic esters (lactones) is 1. The van der Waals surface area contributed by atoms with Crippen molar-refractivity contribution in [1.29, 1.82) is 0 Å². The third-order valence-corrected chi connectivity index (χ3v) is 27.0. The predicted octanol–water partition coefficient (Wildman–Crippen LogP) is 9.27. The van der Waals surface area contributed by atoms with Crippen LogP contribution in [-0.2, 0) is 52.7 Å². The normalized spacial score (nSPS) is 36.9. The van der Waals surface area contributed by atoms with Crippen molar-refractivity contribution < 1.29 is 111 Å². The van der Waals surface area contributed by atoms with E-state index in [1.165, 1.54) is 57.4 Å². The van der Waals surface area contributed by atoms with Gasteiger partial charge in [0.1, 0.15) is 24.1 Å². The number of ketones is 2. The zero-order valence-corrected chi connectivity index (χ0v) is 75.7. The highest BCUT2D eigenvalue weighted by molar-refractivity contribution is 7.80. The second-order valence-corrected chi connectivity index (χ2v) is 38.7. The van der Waals surface area contributed by atoms with Crippen molar-refractivity contribution in [2.45, 2.75) is 307 Å². The van der Waals surface area contributed by atoms with Crippen molar-refractivity contribution in [3.05, 3.63) is 127 Å².